The minimum Gasteiger partial charge on any atom is -0.317 e. The van der Waals surface area contributed by atoms with Crippen molar-refractivity contribution in [2.24, 2.45) is 7.05 Å². The summed E-state index contributed by atoms with van der Waals surface area (Å²) in [7, 11) is 1.88. The highest BCUT2D eigenvalue weighted by molar-refractivity contribution is 7.17. The summed E-state index contributed by atoms with van der Waals surface area (Å²) in [4.78, 5) is 24.1. The summed E-state index contributed by atoms with van der Waals surface area (Å²) < 4.78 is 3.42. The maximum atomic E-state index is 12.7. The highest BCUT2D eigenvalue weighted by Crippen LogP contribution is 2.31. The van der Waals surface area contributed by atoms with Crippen LogP contribution in [0, 0.1) is 6.92 Å². The van der Waals surface area contributed by atoms with Crippen molar-refractivity contribution in [2.45, 2.75) is 25.7 Å². The number of nitrogens with one attached hydrogen (secondary N) is 1. The van der Waals surface area contributed by atoms with E-state index in [4.69, 9.17) is 4.98 Å². The van der Waals surface area contributed by atoms with Crippen LogP contribution < -0.4 is 10.9 Å². The normalized spacial score (nSPS) is 15.8. The van der Waals surface area contributed by atoms with Gasteiger partial charge < -0.3 is 5.32 Å². The average molecular weight is 380 g/mol. The molecule has 7 nitrogen and oxygen atoms in total. The molecule has 0 aromatic carbocycles. The summed E-state index contributed by atoms with van der Waals surface area (Å²) in [5.74, 6) is 0.507. The second-order valence-corrected chi connectivity index (χ2v) is 8.19. The molecule has 0 saturated carbocycles. The molecule has 27 heavy (non-hydrogen) atoms. The molecule has 1 aliphatic heterocycles. The molecule has 0 amide bonds. The molecule has 1 fully saturated rings. The van der Waals surface area contributed by atoms with Gasteiger partial charge in [0.25, 0.3) is 5.56 Å². The summed E-state index contributed by atoms with van der Waals surface area (Å²) in [5, 5.41) is 7.82. The van der Waals surface area contributed by atoms with Crippen molar-refractivity contribution < 1.29 is 0 Å². The third kappa shape index (κ3) is 2.85. The van der Waals surface area contributed by atoms with E-state index in [1.165, 1.54) is 4.88 Å². The van der Waals surface area contributed by atoms with Gasteiger partial charge in [-0.2, -0.15) is 5.10 Å². The Morgan fingerprint density at radius 3 is 2.74 bits per heavy atom. The van der Waals surface area contributed by atoms with Gasteiger partial charge in [0, 0.05) is 24.2 Å². The Morgan fingerprint density at radius 2 is 1.93 bits per heavy atom. The van der Waals surface area contributed by atoms with Crippen LogP contribution in [-0.4, -0.2) is 37.2 Å². The topological polar surface area (TPSA) is 77.1 Å². The Bertz CT molecular complexity index is 1210. The molecule has 1 saturated heterocycles. The lowest BCUT2D eigenvalue weighted by atomic mass is 9.97. The monoisotopic (exact) mass is 380 g/mol. The number of hydrogen-bond acceptors (Lipinski definition) is 6. The number of fused-ring (bicyclic) bond motifs is 2. The lowest BCUT2D eigenvalue weighted by Crippen LogP contribution is -2.26. The number of nitrogens with zero attached hydrogens (tertiary/aromatic N) is 5. The summed E-state index contributed by atoms with van der Waals surface area (Å²) in [6, 6.07) is 3.53. The Balaban J connectivity index is 1.62. The quantitative estimate of drug-likeness (QED) is 0.578. The van der Waals surface area contributed by atoms with E-state index in [1.807, 2.05) is 32.4 Å². The zero-order chi connectivity index (χ0) is 18.5. The second-order valence-electron chi connectivity index (χ2n) is 7.15. The maximum absolute atomic E-state index is 12.7. The standard InChI is InChI=1S/C19H20N6OS/c1-11-7-13(21-15-9-24(2)23-18(11)15)14-8-17(26)25-10-16(27-19(25)22-14)12-3-5-20-6-4-12/h7-10,12,20H,3-6H2,1-2H3. The fourth-order valence-corrected chi connectivity index (χ4v) is 4.91. The van der Waals surface area contributed by atoms with Crippen LogP contribution in [0.3, 0.4) is 0 Å². The highest BCUT2D eigenvalue weighted by Gasteiger charge is 2.19. The number of thiazole rings is 1. The van der Waals surface area contributed by atoms with Gasteiger partial charge in [-0.05, 0) is 50.4 Å². The molecule has 4 aromatic heterocycles. The van der Waals surface area contributed by atoms with Crippen LogP contribution >= 0.6 is 11.3 Å². The molecule has 0 atom stereocenters. The van der Waals surface area contributed by atoms with Gasteiger partial charge in [-0.3, -0.25) is 13.9 Å². The molecule has 0 spiro atoms. The van der Waals surface area contributed by atoms with Gasteiger partial charge in [0.2, 0.25) is 0 Å². The van der Waals surface area contributed by atoms with E-state index in [1.54, 1.807) is 26.5 Å². The largest absolute Gasteiger partial charge is 0.317 e. The van der Waals surface area contributed by atoms with E-state index in [2.05, 4.69) is 15.4 Å². The molecule has 1 aliphatic rings. The van der Waals surface area contributed by atoms with E-state index < -0.39 is 0 Å². The number of aromatic nitrogens is 5. The fraction of sp³-hybridized carbons (Fsp3) is 0.368. The Labute approximate surface area is 159 Å². The van der Waals surface area contributed by atoms with Crippen molar-refractivity contribution >= 4 is 27.3 Å². The van der Waals surface area contributed by atoms with Crippen LogP contribution in [0.25, 0.3) is 27.4 Å². The van der Waals surface area contributed by atoms with E-state index >= 15 is 0 Å². The van der Waals surface area contributed by atoms with Gasteiger partial charge >= 0.3 is 0 Å². The molecule has 5 heterocycles. The SMILES string of the molecule is Cc1cc(-c2cc(=O)n3cc(C4CCNCC4)sc3n2)nc2cn(C)nc12. The van der Waals surface area contributed by atoms with Crippen LogP contribution in [0.1, 0.15) is 29.2 Å². The van der Waals surface area contributed by atoms with Gasteiger partial charge in [0.1, 0.15) is 11.0 Å². The third-order valence-electron chi connectivity index (χ3n) is 5.17. The first-order chi connectivity index (χ1) is 13.1. The van der Waals surface area contributed by atoms with Crippen molar-refractivity contribution in [3.05, 3.63) is 45.3 Å². The van der Waals surface area contributed by atoms with Crippen LogP contribution in [0.15, 0.2) is 29.3 Å². The van der Waals surface area contributed by atoms with E-state index in [0.29, 0.717) is 17.3 Å². The van der Waals surface area contributed by atoms with Gasteiger partial charge in [0.15, 0.2) is 4.96 Å². The van der Waals surface area contributed by atoms with Crippen LogP contribution in [0.4, 0.5) is 0 Å². The van der Waals surface area contributed by atoms with E-state index in [9.17, 15) is 4.79 Å². The van der Waals surface area contributed by atoms with Gasteiger partial charge in [-0.25, -0.2) is 9.97 Å². The zero-order valence-electron chi connectivity index (χ0n) is 15.3. The number of piperidine rings is 1. The molecule has 0 aliphatic carbocycles. The van der Waals surface area contributed by atoms with Gasteiger partial charge in [-0.1, -0.05) is 0 Å². The highest BCUT2D eigenvalue weighted by atomic mass is 32.1. The maximum Gasteiger partial charge on any atom is 0.259 e. The molecule has 0 unspecified atom stereocenters. The minimum absolute atomic E-state index is 0.0582. The molecular weight excluding hydrogens is 360 g/mol. The molecule has 0 bridgehead atoms. The number of rotatable bonds is 2. The Hall–Kier alpha value is -2.58. The lowest BCUT2D eigenvalue weighted by molar-refractivity contribution is 0.464. The first-order valence-electron chi connectivity index (χ1n) is 9.14. The molecule has 4 aromatic rings. The van der Waals surface area contributed by atoms with Crippen LogP contribution in [-0.2, 0) is 7.05 Å². The zero-order valence-corrected chi connectivity index (χ0v) is 16.1. The van der Waals surface area contributed by atoms with E-state index in [0.717, 1.165) is 47.5 Å². The van der Waals surface area contributed by atoms with Crippen molar-refractivity contribution in [1.29, 1.82) is 0 Å². The summed E-state index contributed by atoms with van der Waals surface area (Å²) in [5.41, 5.74) is 3.99. The van der Waals surface area contributed by atoms with Crippen molar-refractivity contribution in [1.82, 2.24) is 29.5 Å². The van der Waals surface area contributed by atoms with Gasteiger partial charge in [0.05, 0.1) is 17.6 Å². The van der Waals surface area contributed by atoms with Crippen LogP contribution in [0.2, 0.25) is 0 Å². The molecular formula is C19H20N6OS. The summed E-state index contributed by atoms with van der Waals surface area (Å²) in [6.07, 6.45) is 6.06. The van der Waals surface area contributed by atoms with Crippen molar-refractivity contribution in [2.75, 3.05) is 13.1 Å². The molecule has 138 valence electrons. The Morgan fingerprint density at radius 1 is 1.15 bits per heavy atom. The summed E-state index contributed by atoms with van der Waals surface area (Å²) in [6.45, 7) is 4.06. The smallest absolute Gasteiger partial charge is 0.259 e. The molecule has 0 radical (unpaired) electrons. The lowest BCUT2D eigenvalue weighted by Gasteiger charge is -2.20. The minimum atomic E-state index is -0.0582. The van der Waals surface area contributed by atoms with Gasteiger partial charge in [-0.15, -0.1) is 11.3 Å². The molecule has 8 heteroatoms. The average Bonchev–Trinajstić information content (AvgIpc) is 3.26. The number of pyridine rings is 1. The molecule has 5 rings (SSSR count). The Kier molecular flexibility index (Phi) is 3.84. The predicted octanol–water partition coefficient (Wildman–Crippen LogP) is 2.48. The molecule has 1 N–H and O–H groups in total. The third-order valence-corrected chi connectivity index (χ3v) is 6.31. The number of aryl methyl sites for hydroxylation is 2. The predicted molar refractivity (Wildman–Crippen MR) is 106 cm³/mol. The van der Waals surface area contributed by atoms with Crippen LogP contribution in [0.5, 0.6) is 0 Å². The summed E-state index contributed by atoms with van der Waals surface area (Å²) >= 11 is 1.62. The van der Waals surface area contributed by atoms with E-state index in [-0.39, 0.29) is 5.56 Å². The first-order valence-corrected chi connectivity index (χ1v) is 9.95. The number of hydrogen-bond donors (Lipinski definition) is 1. The first kappa shape index (κ1) is 16.6. The van der Waals surface area contributed by atoms with Crippen molar-refractivity contribution in [3.63, 3.8) is 0 Å². The second kappa shape index (κ2) is 6.24. The fourth-order valence-electron chi connectivity index (χ4n) is 3.75. The van der Waals surface area contributed by atoms with Crippen molar-refractivity contribution in [3.8, 4) is 11.4 Å².